The van der Waals surface area contributed by atoms with Crippen molar-refractivity contribution < 1.29 is 26.3 Å². The quantitative estimate of drug-likeness (QED) is 0.789. The van der Waals surface area contributed by atoms with E-state index in [2.05, 4.69) is 14.9 Å². The molecule has 0 saturated carbocycles. The van der Waals surface area contributed by atoms with Crippen LogP contribution in [0.4, 0.5) is 19.0 Å². The predicted molar refractivity (Wildman–Crippen MR) is 51.4 cm³/mol. The first-order chi connectivity index (χ1) is 8.04. The van der Waals surface area contributed by atoms with Crippen molar-refractivity contribution in [3.8, 4) is 11.8 Å². The Morgan fingerprint density at radius 3 is 2.39 bits per heavy atom. The fraction of sp³-hybridized carbons (Fsp3) is 0.143. The van der Waals surface area contributed by atoms with Crippen molar-refractivity contribution in [3.63, 3.8) is 0 Å². The average Bonchev–Trinajstić information content (AvgIpc) is 2.16. The first-order valence-corrected chi connectivity index (χ1v) is 5.58. The molecule has 0 aliphatic heterocycles. The molecule has 11 heteroatoms. The number of hydrogen-bond donors (Lipinski definition) is 2. The van der Waals surface area contributed by atoms with E-state index in [4.69, 9.17) is 11.0 Å². The van der Waals surface area contributed by atoms with E-state index >= 15 is 0 Å². The van der Waals surface area contributed by atoms with Gasteiger partial charge in [0.1, 0.15) is 11.9 Å². The molecular weight excluding hydrogens is 277 g/mol. The zero-order valence-corrected chi connectivity index (χ0v) is 9.21. The first-order valence-electron chi connectivity index (χ1n) is 4.04. The highest BCUT2D eigenvalue weighted by Crippen LogP contribution is 2.30. The van der Waals surface area contributed by atoms with Crippen LogP contribution >= 0.6 is 0 Å². The molecule has 1 aromatic rings. The number of hydrogen-bond acceptors (Lipinski definition) is 6. The van der Waals surface area contributed by atoms with Gasteiger partial charge in [-0.3, -0.25) is 0 Å². The van der Waals surface area contributed by atoms with Crippen LogP contribution in [0.2, 0.25) is 0 Å². The van der Waals surface area contributed by atoms with Crippen LogP contribution in [0.15, 0.2) is 11.1 Å². The van der Waals surface area contributed by atoms with Gasteiger partial charge in [-0.15, -0.1) is 13.2 Å². The fourth-order valence-electron chi connectivity index (χ4n) is 0.983. The molecule has 1 aromatic heterocycles. The number of nitriles is 1. The molecule has 0 fully saturated rings. The number of primary sulfonamides is 1. The number of sulfonamides is 1. The van der Waals surface area contributed by atoms with E-state index in [1.54, 1.807) is 0 Å². The molecule has 1 rings (SSSR count). The summed E-state index contributed by atoms with van der Waals surface area (Å²) in [6.45, 7) is 0. The fourth-order valence-corrected chi connectivity index (χ4v) is 1.59. The Labute approximate surface area is 98.8 Å². The number of nitrogen functional groups attached to an aromatic ring is 1. The number of nitrogens with two attached hydrogens (primary N) is 2. The van der Waals surface area contributed by atoms with Gasteiger partial charge in [-0.1, -0.05) is 0 Å². The van der Waals surface area contributed by atoms with Crippen LogP contribution in [0, 0.1) is 11.3 Å². The number of pyridine rings is 1. The lowest BCUT2D eigenvalue weighted by atomic mass is 10.3. The van der Waals surface area contributed by atoms with Gasteiger partial charge in [0, 0.05) is 6.07 Å². The number of ether oxygens (including phenoxy) is 1. The number of aromatic nitrogens is 1. The maximum absolute atomic E-state index is 12.0. The molecule has 98 valence electrons. The highest BCUT2D eigenvalue weighted by molar-refractivity contribution is 7.89. The van der Waals surface area contributed by atoms with E-state index in [0.29, 0.717) is 6.07 Å². The summed E-state index contributed by atoms with van der Waals surface area (Å²) in [7, 11) is -4.58. The minimum absolute atomic E-state index is 0.471. The van der Waals surface area contributed by atoms with Gasteiger partial charge in [-0.25, -0.2) is 18.5 Å². The predicted octanol–water partition coefficient (Wildman–Crippen LogP) is 0.0815. The third kappa shape index (κ3) is 3.22. The second kappa shape index (κ2) is 4.31. The molecule has 0 unspecified atom stereocenters. The zero-order valence-electron chi connectivity index (χ0n) is 8.39. The highest BCUT2D eigenvalue weighted by Gasteiger charge is 2.34. The Hall–Kier alpha value is -2.06. The summed E-state index contributed by atoms with van der Waals surface area (Å²) in [6.07, 6.45) is -5.16. The maximum Gasteiger partial charge on any atom is 0.573 e. The first kappa shape index (κ1) is 14.0. The van der Waals surface area contributed by atoms with Gasteiger partial charge in [0.2, 0.25) is 5.03 Å². The Balaban J connectivity index is 3.52. The lowest BCUT2D eigenvalue weighted by Gasteiger charge is -2.12. The Morgan fingerprint density at radius 1 is 1.44 bits per heavy atom. The van der Waals surface area contributed by atoms with Gasteiger partial charge < -0.3 is 10.5 Å². The zero-order chi connectivity index (χ0) is 14.1. The Kier molecular flexibility index (Phi) is 3.36. The minimum atomic E-state index is -5.16. The van der Waals surface area contributed by atoms with Gasteiger partial charge in [0.25, 0.3) is 10.0 Å². The van der Waals surface area contributed by atoms with Crippen LogP contribution in [-0.4, -0.2) is 19.8 Å². The van der Waals surface area contributed by atoms with E-state index in [9.17, 15) is 21.6 Å². The summed E-state index contributed by atoms with van der Waals surface area (Å²) < 4.78 is 61.6. The van der Waals surface area contributed by atoms with Crippen molar-refractivity contribution in [2.75, 3.05) is 5.73 Å². The molecule has 0 aliphatic carbocycles. The van der Waals surface area contributed by atoms with Crippen LogP contribution in [0.1, 0.15) is 5.56 Å². The number of halogens is 3. The monoisotopic (exact) mass is 282 g/mol. The minimum Gasteiger partial charge on any atom is -0.403 e. The Bertz CT molecular complexity index is 620. The number of alkyl halides is 3. The van der Waals surface area contributed by atoms with E-state index in [-0.39, 0.29) is 0 Å². The van der Waals surface area contributed by atoms with Gasteiger partial charge in [-0.2, -0.15) is 5.26 Å². The molecule has 0 amide bonds. The van der Waals surface area contributed by atoms with E-state index in [1.807, 2.05) is 0 Å². The smallest absolute Gasteiger partial charge is 0.403 e. The number of anilines is 1. The van der Waals surface area contributed by atoms with Crippen molar-refractivity contribution in [2.45, 2.75) is 11.4 Å². The highest BCUT2D eigenvalue weighted by atomic mass is 32.2. The van der Waals surface area contributed by atoms with Crippen LogP contribution in [0.5, 0.6) is 5.75 Å². The number of rotatable bonds is 2. The molecule has 0 spiro atoms. The second-order valence-electron chi connectivity index (χ2n) is 2.93. The van der Waals surface area contributed by atoms with Crippen LogP contribution < -0.4 is 15.6 Å². The van der Waals surface area contributed by atoms with Crippen molar-refractivity contribution in [1.29, 1.82) is 5.26 Å². The Morgan fingerprint density at radius 2 is 2.00 bits per heavy atom. The summed E-state index contributed by atoms with van der Waals surface area (Å²) in [5.74, 6) is -1.79. The van der Waals surface area contributed by atoms with Crippen molar-refractivity contribution in [3.05, 3.63) is 11.6 Å². The molecule has 7 nitrogen and oxygen atoms in total. The standard InChI is InChI=1S/C7H5F3N4O3S/c8-7(9,10)17-4-1-3(2-11)5(12)14-6(4)18(13,15)16/h1H,(H2,12,14)(H2,13,15,16). The van der Waals surface area contributed by atoms with Gasteiger partial charge in [0.15, 0.2) is 5.75 Å². The third-order valence-electron chi connectivity index (χ3n) is 1.60. The molecule has 0 aliphatic rings. The molecule has 1 heterocycles. The normalized spacial score (nSPS) is 11.9. The van der Waals surface area contributed by atoms with Crippen LogP contribution in [0.3, 0.4) is 0 Å². The molecule has 0 aromatic carbocycles. The van der Waals surface area contributed by atoms with Crippen molar-refractivity contribution in [1.82, 2.24) is 4.98 Å². The van der Waals surface area contributed by atoms with Crippen molar-refractivity contribution >= 4 is 15.8 Å². The van der Waals surface area contributed by atoms with Gasteiger partial charge in [0.05, 0.1) is 5.56 Å². The third-order valence-corrected chi connectivity index (χ3v) is 2.43. The number of nitrogens with zero attached hydrogens (tertiary/aromatic N) is 2. The van der Waals surface area contributed by atoms with Crippen LogP contribution in [-0.2, 0) is 10.0 Å². The second-order valence-corrected chi connectivity index (χ2v) is 4.41. The molecule has 18 heavy (non-hydrogen) atoms. The lowest BCUT2D eigenvalue weighted by molar-refractivity contribution is -0.275. The molecule has 0 atom stereocenters. The summed E-state index contributed by atoms with van der Waals surface area (Å²) >= 11 is 0. The van der Waals surface area contributed by atoms with Crippen molar-refractivity contribution in [2.24, 2.45) is 5.14 Å². The van der Waals surface area contributed by atoms with Gasteiger partial charge >= 0.3 is 6.36 Å². The van der Waals surface area contributed by atoms with E-state index in [0.717, 1.165) is 0 Å². The average molecular weight is 282 g/mol. The molecule has 4 N–H and O–H groups in total. The summed E-state index contributed by atoms with van der Waals surface area (Å²) in [4.78, 5) is 3.12. The maximum atomic E-state index is 12.0. The SMILES string of the molecule is N#Cc1cc(OC(F)(F)F)c(S(N)(=O)=O)nc1N. The summed E-state index contributed by atoms with van der Waals surface area (Å²) in [5.41, 5.74) is 4.70. The summed E-state index contributed by atoms with van der Waals surface area (Å²) in [5, 5.41) is 12.0. The molecule has 0 bridgehead atoms. The summed E-state index contributed by atoms with van der Waals surface area (Å²) in [6, 6.07) is 1.93. The van der Waals surface area contributed by atoms with Gasteiger partial charge in [-0.05, 0) is 0 Å². The topological polar surface area (TPSA) is 132 Å². The molecule has 0 saturated heterocycles. The largest absolute Gasteiger partial charge is 0.573 e. The van der Waals surface area contributed by atoms with E-state index < -0.39 is 38.5 Å². The lowest BCUT2D eigenvalue weighted by Crippen LogP contribution is -2.22. The van der Waals surface area contributed by atoms with Crippen LogP contribution in [0.25, 0.3) is 0 Å². The van der Waals surface area contributed by atoms with E-state index in [1.165, 1.54) is 6.07 Å². The molecule has 0 radical (unpaired) electrons. The molecular formula is C7H5F3N4O3S.